The number of unbranched alkanes of at least 4 members (excludes halogenated alkanes) is 1. The largest absolute Gasteiger partial charge is 0.313 e. The number of rotatable bonds is 5. The molecule has 0 aliphatic rings. The molecule has 0 bridgehead atoms. The molecule has 86 valence electrons. The molecule has 0 amide bonds. The molecule has 1 aromatic carbocycles. The van der Waals surface area contributed by atoms with Crippen LogP contribution in [0.25, 0.3) is 0 Å². The molecule has 1 nitrogen and oxygen atoms in total. The highest BCUT2D eigenvalue weighted by Gasteiger charge is 2.11. The maximum absolute atomic E-state index is 5.26. The first-order valence-electron chi connectivity index (χ1n) is 5.55. The van der Waals surface area contributed by atoms with Crippen LogP contribution in [0, 0.1) is 19.3 Å². The minimum absolute atomic E-state index is 0.378. The minimum atomic E-state index is 0.378. The van der Waals surface area contributed by atoms with Gasteiger partial charge in [0.05, 0.1) is 0 Å². The minimum Gasteiger partial charge on any atom is -0.313 e. The highest BCUT2D eigenvalue weighted by Crippen LogP contribution is 2.27. The maximum Gasteiger partial charge on any atom is 0.0329 e. The first-order valence-corrected chi connectivity index (χ1v) is 6.35. The van der Waals surface area contributed by atoms with E-state index >= 15 is 0 Å². The van der Waals surface area contributed by atoms with Gasteiger partial charge < -0.3 is 5.32 Å². The van der Waals surface area contributed by atoms with E-state index in [9.17, 15) is 0 Å². The summed E-state index contributed by atoms with van der Waals surface area (Å²) in [6.07, 6.45) is 8.24. The predicted octanol–water partition coefficient (Wildman–Crippen LogP) is 3.82. The van der Waals surface area contributed by atoms with Crippen LogP contribution >= 0.6 is 15.9 Å². The fourth-order valence-corrected chi connectivity index (χ4v) is 2.55. The number of terminal acetylenes is 1. The molecule has 0 saturated carbocycles. The Balaban J connectivity index is 2.75. The van der Waals surface area contributed by atoms with Gasteiger partial charge in [-0.2, -0.15) is 0 Å². The van der Waals surface area contributed by atoms with Crippen molar-refractivity contribution in [1.82, 2.24) is 5.32 Å². The van der Waals surface area contributed by atoms with Crippen LogP contribution in [0.4, 0.5) is 0 Å². The molecule has 0 aromatic heterocycles. The van der Waals surface area contributed by atoms with Crippen molar-refractivity contribution >= 4 is 15.9 Å². The Kier molecular flexibility index (Phi) is 5.59. The number of halogens is 1. The smallest absolute Gasteiger partial charge is 0.0329 e. The van der Waals surface area contributed by atoms with Crippen molar-refractivity contribution in [2.24, 2.45) is 0 Å². The highest BCUT2D eigenvalue weighted by atomic mass is 79.9. The second-order valence-corrected chi connectivity index (χ2v) is 4.82. The quantitative estimate of drug-likeness (QED) is 0.638. The van der Waals surface area contributed by atoms with Gasteiger partial charge >= 0.3 is 0 Å². The fourth-order valence-electron chi connectivity index (χ4n) is 1.78. The fraction of sp³-hybridized carbons (Fsp3) is 0.429. The summed E-state index contributed by atoms with van der Waals surface area (Å²) in [5.41, 5.74) is 2.58. The average Bonchev–Trinajstić information content (AvgIpc) is 2.26. The summed E-state index contributed by atoms with van der Waals surface area (Å²) in [7, 11) is 1.99. The number of hydrogen-bond acceptors (Lipinski definition) is 1. The van der Waals surface area contributed by atoms with Gasteiger partial charge in [-0.15, -0.1) is 12.3 Å². The summed E-state index contributed by atoms with van der Waals surface area (Å²) in [5.74, 6) is 2.68. The van der Waals surface area contributed by atoms with Gasteiger partial charge in [-0.05, 0) is 44.0 Å². The summed E-state index contributed by atoms with van der Waals surface area (Å²) in [4.78, 5) is 0. The van der Waals surface area contributed by atoms with Crippen LogP contribution in [0.5, 0.6) is 0 Å². The molecule has 0 saturated heterocycles. The van der Waals surface area contributed by atoms with Crippen LogP contribution in [0.2, 0.25) is 0 Å². The van der Waals surface area contributed by atoms with E-state index in [-0.39, 0.29) is 0 Å². The van der Waals surface area contributed by atoms with Gasteiger partial charge in [0, 0.05) is 16.9 Å². The van der Waals surface area contributed by atoms with Gasteiger partial charge in [-0.3, -0.25) is 0 Å². The van der Waals surface area contributed by atoms with Crippen molar-refractivity contribution in [2.75, 3.05) is 7.05 Å². The SMILES string of the molecule is C#CCCCC(NC)c1ccc(C)cc1Br. The van der Waals surface area contributed by atoms with E-state index in [2.05, 4.69) is 52.3 Å². The number of nitrogens with one attached hydrogen (secondary N) is 1. The lowest BCUT2D eigenvalue weighted by Crippen LogP contribution is -2.16. The van der Waals surface area contributed by atoms with Crippen LogP contribution < -0.4 is 5.32 Å². The lowest BCUT2D eigenvalue weighted by molar-refractivity contribution is 0.530. The van der Waals surface area contributed by atoms with Gasteiger partial charge in [0.1, 0.15) is 0 Å². The first-order chi connectivity index (χ1) is 7.69. The van der Waals surface area contributed by atoms with Crippen LogP contribution in [-0.2, 0) is 0 Å². The molecule has 1 N–H and O–H groups in total. The standard InChI is InChI=1S/C14H18BrN/c1-4-5-6-7-14(16-3)12-9-8-11(2)10-13(12)15/h1,8-10,14,16H,5-7H2,2-3H3. The molecular weight excluding hydrogens is 262 g/mol. The molecule has 0 heterocycles. The molecule has 0 aliphatic carbocycles. The normalized spacial score (nSPS) is 12.1. The summed E-state index contributed by atoms with van der Waals surface area (Å²) in [6, 6.07) is 6.85. The molecule has 0 radical (unpaired) electrons. The van der Waals surface area contributed by atoms with E-state index in [1.807, 2.05) is 7.05 Å². The zero-order chi connectivity index (χ0) is 12.0. The van der Waals surface area contributed by atoms with Crippen molar-refractivity contribution in [3.05, 3.63) is 33.8 Å². The van der Waals surface area contributed by atoms with Crippen molar-refractivity contribution in [2.45, 2.75) is 32.2 Å². The lowest BCUT2D eigenvalue weighted by atomic mass is 10.0. The third-order valence-corrected chi connectivity index (χ3v) is 3.38. The Hall–Kier alpha value is -0.780. The van der Waals surface area contributed by atoms with Crippen LogP contribution in [-0.4, -0.2) is 7.05 Å². The van der Waals surface area contributed by atoms with E-state index in [1.165, 1.54) is 15.6 Å². The molecule has 1 unspecified atom stereocenters. The summed E-state index contributed by atoms with van der Waals surface area (Å²) >= 11 is 3.62. The van der Waals surface area contributed by atoms with Gasteiger partial charge in [0.25, 0.3) is 0 Å². The Bertz CT molecular complexity index is 379. The van der Waals surface area contributed by atoms with Crippen LogP contribution in [0.3, 0.4) is 0 Å². The Labute approximate surface area is 107 Å². The lowest BCUT2D eigenvalue weighted by Gasteiger charge is -2.18. The molecule has 2 heteroatoms. The third-order valence-electron chi connectivity index (χ3n) is 2.69. The molecule has 0 aliphatic heterocycles. The monoisotopic (exact) mass is 279 g/mol. The van der Waals surface area contributed by atoms with Crippen LogP contribution in [0.1, 0.15) is 36.4 Å². The third kappa shape index (κ3) is 3.66. The van der Waals surface area contributed by atoms with E-state index in [0.29, 0.717) is 6.04 Å². The zero-order valence-electron chi connectivity index (χ0n) is 9.89. The molecule has 1 rings (SSSR count). The average molecular weight is 280 g/mol. The summed E-state index contributed by atoms with van der Waals surface area (Å²) < 4.78 is 1.17. The van der Waals surface area contributed by atoms with E-state index < -0.39 is 0 Å². The van der Waals surface area contributed by atoms with Crippen molar-refractivity contribution in [1.29, 1.82) is 0 Å². The molecule has 16 heavy (non-hydrogen) atoms. The van der Waals surface area contributed by atoms with Crippen molar-refractivity contribution < 1.29 is 0 Å². The summed E-state index contributed by atoms with van der Waals surface area (Å²) in [6.45, 7) is 2.10. The van der Waals surface area contributed by atoms with Gasteiger partial charge in [0.2, 0.25) is 0 Å². The number of benzene rings is 1. The molecule has 1 aromatic rings. The second kappa shape index (κ2) is 6.73. The van der Waals surface area contributed by atoms with Crippen LogP contribution in [0.15, 0.2) is 22.7 Å². The second-order valence-electron chi connectivity index (χ2n) is 3.96. The molecule has 1 atom stereocenters. The molecular formula is C14H18BrN. The van der Waals surface area contributed by atoms with Crippen molar-refractivity contribution in [3.63, 3.8) is 0 Å². The van der Waals surface area contributed by atoms with Gasteiger partial charge in [-0.1, -0.05) is 28.1 Å². The summed E-state index contributed by atoms with van der Waals surface area (Å²) in [5, 5.41) is 3.34. The Morgan fingerprint density at radius 3 is 2.81 bits per heavy atom. The Morgan fingerprint density at radius 2 is 2.25 bits per heavy atom. The molecule has 0 fully saturated rings. The predicted molar refractivity (Wildman–Crippen MR) is 73.4 cm³/mol. The van der Waals surface area contributed by atoms with E-state index in [4.69, 9.17) is 6.42 Å². The molecule has 0 spiro atoms. The topological polar surface area (TPSA) is 12.0 Å². The van der Waals surface area contributed by atoms with Gasteiger partial charge in [-0.25, -0.2) is 0 Å². The first kappa shape index (κ1) is 13.3. The van der Waals surface area contributed by atoms with E-state index in [0.717, 1.165) is 19.3 Å². The van der Waals surface area contributed by atoms with Gasteiger partial charge in [0.15, 0.2) is 0 Å². The number of hydrogen-bond donors (Lipinski definition) is 1. The highest BCUT2D eigenvalue weighted by molar-refractivity contribution is 9.10. The maximum atomic E-state index is 5.26. The van der Waals surface area contributed by atoms with Crippen molar-refractivity contribution in [3.8, 4) is 12.3 Å². The number of aryl methyl sites for hydroxylation is 1. The Morgan fingerprint density at radius 1 is 1.50 bits per heavy atom. The van der Waals surface area contributed by atoms with E-state index in [1.54, 1.807) is 0 Å². The zero-order valence-corrected chi connectivity index (χ0v) is 11.5.